The standard InChI is InChI=1S/C16H19N3O/c1-2-3-11-19(13-7-5-4-6-8-13)16(20)14-9-10-18-12-15(14)17/h4-10,12H,2-3,11,17H2,1H3. The Morgan fingerprint density at radius 1 is 1.25 bits per heavy atom. The highest BCUT2D eigenvalue weighted by atomic mass is 16.2. The number of para-hydroxylation sites is 1. The van der Waals surface area contributed by atoms with Gasteiger partial charge in [0.2, 0.25) is 0 Å². The van der Waals surface area contributed by atoms with Gasteiger partial charge in [0.15, 0.2) is 0 Å². The molecule has 4 heteroatoms. The van der Waals surface area contributed by atoms with Gasteiger partial charge in [0.1, 0.15) is 0 Å². The lowest BCUT2D eigenvalue weighted by Gasteiger charge is -2.23. The second-order valence-corrected chi connectivity index (χ2v) is 4.61. The van der Waals surface area contributed by atoms with Crippen LogP contribution in [-0.4, -0.2) is 17.4 Å². The van der Waals surface area contributed by atoms with Crippen molar-refractivity contribution in [1.29, 1.82) is 0 Å². The summed E-state index contributed by atoms with van der Waals surface area (Å²) in [6.07, 6.45) is 5.08. The molecule has 1 amide bonds. The SMILES string of the molecule is CCCCN(C(=O)c1ccncc1N)c1ccccc1. The Labute approximate surface area is 119 Å². The average Bonchev–Trinajstić information content (AvgIpc) is 2.49. The van der Waals surface area contributed by atoms with Crippen molar-refractivity contribution in [2.75, 3.05) is 17.2 Å². The molecule has 1 aromatic carbocycles. The van der Waals surface area contributed by atoms with Crippen LogP contribution >= 0.6 is 0 Å². The van der Waals surface area contributed by atoms with Gasteiger partial charge in [-0.25, -0.2) is 0 Å². The highest BCUT2D eigenvalue weighted by molar-refractivity contribution is 6.09. The number of hydrogen-bond acceptors (Lipinski definition) is 3. The van der Waals surface area contributed by atoms with Gasteiger partial charge in [-0.3, -0.25) is 9.78 Å². The molecule has 0 bridgehead atoms. The Balaban J connectivity index is 2.32. The van der Waals surface area contributed by atoms with Gasteiger partial charge in [-0.15, -0.1) is 0 Å². The van der Waals surface area contributed by atoms with E-state index in [4.69, 9.17) is 5.73 Å². The Morgan fingerprint density at radius 2 is 2.00 bits per heavy atom. The molecule has 0 fully saturated rings. The van der Waals surface area contributed by atoms with Gasteiger partial charge < -0.3 is 10.6 Å². The first-order chi connectivity index (χ1) is 9.74. The minimum atomic E-state index is -0.0791. The number of hydrogen-bond donors (Lipinski definition) is 1. The summed E-state index contributed by atoms with van der Waals surface area (Å²) in [5.41, 5.74) is 7.66. The van der Waals surface area contributed by atoms with E-state index in [1.165, 1.54) is 6.20 Å². The predicted molar refractivity (Wildman–Crippen MR) is 81.7 cm³/mol. The maximum Gasteiger partial charge on any atom is 0.260 e. The molecular weight excluding hydrogens is 250 g/mol. The van der Waals surface area contributed by atoms with Crippen LogP contribution < -0.4 is 10.6 Å². The molecule has 1 aromatic heterocycles. The van der Waals surface area contributed by atoms with Crippen LogP contribution in [0, 0.1) is 0 Å². The fourth-order valence-electron chi connectivity index (χ4n) is 2.02. The van der Waals surface area contributed by atoms with E-state index < -0.39 is 0 Å². The lowest BCUT2D eigenvalue weighted by atomic mass is 10.1. The summed E-state index contributed by atoms with van der Waals surface area (Å²) in [6, 6.07) is 11.3. The fraction of sp³-hybridized carbons (Fsp3) is 0.250. The lowest BCUT2D eigenvalue weighted by molar-refractivity contribution is 0.0987. The summed E-state index contributed by atoms with van der Waals surface area (Å²) in [6.45, 7) is 2.79. The highest BCUT2D eigenvalue weighted by Crippen LogP contribution is 2.20. The summed E-state index contributed by atoms with van der Waals surface area (Å²) in [5, 5.41) is 0. The summed E-state index contributed by atoms with van der Waals surface area (Å²) in [5.74, 6) is -0.0791. The van der Waals surface area contributed by atoms with Crippen molar-refractivity contribution in [1.82, 2.24) is 4.98 Å². The molecule has 0 aliphatic heterocycles. The molecule has 0 spiro atoms. The van der Waals surface area contributed by atoms with Crippen molar-refractivity contribution in [3.63, 3.8) is 0 Å². The van der Waals surface area contributed by atoms with Crippen LogP contribution in [0.25, 0.3) is 0 Å². The number of pyridine rings is 1. The molecule has 0 radical (unpaired) electrons. The van der Waals surface area contributed by atoms with Crippen LogP contribution in [0.3, 0.4) is 0 Å². The number of aromatic nitrogens is 1. The molecule has 2 rings (SSSR count). The molecule has 104 valence electrons. The molecule has 0 saturated heterocycles. The molecule has 0 atom stereocenters. The molecule has 0 aliphatic rings. The molecule has 0 saturated carbocycles. The van der Waals surface area contributed by atoms with E-state index in [9.17, 15) is 4.79 Å². The molecule has 2 N–H and O–H groups in total. The summed E-state index contributed by atoms with van der Waals surface area (Å²) < 4.78 is 0. The maximum absolute atomic E-state index is 12.7. The molecule has 1 heterocycles. The monoisotopic (exact) mass is 269 g/mol. The zero-order chi connectivity index (χ0) is 14.4. The lowest BCUT2D eigenvalue weighted by Crippen LogP contribution is -2.32. The van der Waals surface area contributed by atoms with Crippen molar-refractivity contribution < 1.29 is 4.79 Å². The minimum Gasteiger partial charge on any atom is -0.397 e. The Kier molecular flexibility index (Phi) is 4.71. The fourth-order valence-corrected chi connectivity index (χ4v) is 2.02. The average molecular weight is 269 g/mol. The number of nitrogens with zero attached hydrogens (tertiary/aromatic N) is 2. The smallest absolute Gasteiger partial charge is 0.260 e. The zero-order valence-corrected chi connectivity index (χ0v) is 11.6. The van der Waals surface area contributed by atoms with Crippen LogP contribution in [0.4, 0.5) is 11.4 Å². The second-order valence-electron chi connectivity index (χ2n) is 4.61. The highest BCUT2D eigenvalue weighted by Gasteiger charge is 2.19. The van der Waals surface area contributed by atoms with E-state index in [1.807, 2.05) is 30.3 Å². The maximum atomic E-state index is 12.7. The topological polar surface area (TPSA) is 59.2 Å². The van der Waals surface area contributed by atoms with Crippen molar-refractivity contribution >= 4 is 17.3 Å². The Morgan fingerprint density at radius 3 is 2.65 bits per heavy atom. The van der Waals surface area contributed by atoms with E-state index >= 15 is 0 Å². The van der Waals surface area contributed by atoms with Crippen molar-refractivity contribution in [3.05, 3.63) is 54.4 Å². The summed E-state index contributed by atoms with van der Waals surface area (Å²) in [7, 11) is 0. The summed E-state index contributed by atoms with van der Waals surface area (Å²) in [4.78, 5) is 18.4. The van der Waals surface area contributed by atoms with Crippen LogP contribution in [0.2, 0.25) is 0 Å². The van der Waals surface area contributed by atoms with Gasteiger partial charge in [0, 0.05) is 18.4 Å². The van der Waals surface area contributed by atoms with Crippen LogP contribution in [0.5, 0.6) is 0 Å². The first-order valence-corrected chi connectivity index (χ1v) is 6.80. The molecule has 0 unspecified atom stereocenters. The number of carbonyl (C=O) groups excluding carboxylic acids is 1. The normalized spacial score (nSPS) is 10.2. The number of anilines is 2. The van der Waals surface area contributed by atoms with E-state index in [-0.39, 0.29) is 5.91 Å². The molecular formula is C16H19N3O. The van der Waals surface area contributed by atoms with Crippen LogP contribution in [0.15, 0.2) is 48.8 Å². The van der Waals surface area contributed by atoms with Gasteiger partial charge in [-0.2, -0.15) is 0 Å². The Hall–Kier alpha value is -2.36. The number of nitrogens with two attached hydrogens (primary N) is 1. The van der Waals surface area contributed by atoms with Crippen LogP contribution in [0.1, 0.15) is 30.1 Å². The van der Waals surface area contributed by atoms with Gasteiger partial charge in [-0.05, 0) is 24.6 Å². The third-order valence-electron chi connectivity index (χ3n) is 3.13. The number of amides is 1. The number of rotatable bonds is 5. The van der Waals surface area contributed by atoms with Gasteiger partial charge in [0.05, 0.1) is 17.4 Å². The number of unbranched alkanes of at least 4 members (excludes halogenated alkanes) is 1. The summed E-state index contributed by atoms with van der Waals surface area (Å²) >= 11 is 0. The largest absolute Gasteiger partial charge is 0.397 e. The van der Waals surface area contributed by atoms with Gasteiger partial charge in [-0.1, -0.05) is 31.5 Å². The van der Waals surface area contributed by atoms with Crippen molar-refractivity contribution in [2.45, 2.75) is 19.8 Å². The third kappa shape index (κ3) is 3.15. The predicted octanol–water partition coefficient (Wildman–Crippen LogP) is 3.11. The molecule has 0 aliphatic carbocycles. The minimum absolute atomic E-state index is 0.0791. The van der Waals surface area contributed by atoms with Gasteiger partial charge in [0.25, 0.3) is 5.91 Å². The molecule has 2 aromatic rings. The number of carbonyl (C=O) groups is 1. The van der Waals surface area contributed by atoms with E-state index in [0.29, 0.717) is 17.8 Å². The van der Waals surface area contributed by atoms with E-state index in [2.05, 4.69) is 11.9 Å². The van der Waals surface area contributed by atoms with Crippen molar-refractivity contribution in [2.24, 2.45) is 0 Å². The number of benzene rings is 1. The van der Waals surface area contributed by atoms with Crippen molar-refractivity contribution in [3.8, 4) is 0 Å². The first-order valence-electron chi connectivity index (χ1n) is 6.80. The number of nitrogen functional groups attached to an aromatic ring is 1. The Bertz CT molecular complexity index is 569. The molecule has 20 heavy (non-hydrogen) atoms. The zero-order valence-electron chi connectivity index (χ0n) is 11.6. The quantitative estimate of drug-likeness (QED) is 0.907. The third-order valence-corrected chi connectivity index (χ3v) is 3.13. The first kappa shape index (κ1) is 14.1. The van der Waals surface area contributed by atoms with Gasteiger partial charge >= 0.3 is 0 Å². The second kappa shape index (κ2) is 6.70. The van der Waals surface area contributed by atoms with E-state index in [1.54, 1.807) is 17.2 Å². The molecule has 4 nitrogen and oxygen atoms in total. The van der Waals surface area contributed by atoms with Crippen LogP contribution in [-0.2, 0) is 0 Å². The van der Waals surface area contributed by atoms with E-state index in [0.717, 1.165) is 18.5 Å².